The van der Waals surface area contributed by atoms with Crippen molar-refractivity contribution in [2.24, 2.45) is 11.7 Å². The summed E-state index contributed by atoms with van der Waals surface area (Å²) in [5, 5.41) is 2.17. The van der Waals surface area contributed by atoms with Crippen molar-refractivity contribution in [2.75, 3.05) is 26.2 Å². The van der Waals surface area contributed by atoms with Gasteiger partial charge < -0.3 is 15.4 Å². The summed E-state index contributed by atoms with van der Waals surface area (Å²) >= 11 is 0. The van der Waals surface area contributed by atoms with E-state index in [0.717, 1.165) is 30.6 Å². The highest BCUT2D eigenvalue weighted by atomic mass is 16.5. The Balaban J connectivity index is 1.35. The lowest BCUT2D eigenvalue weighted by molar-refractivity contribution is -0.136. The summed E-state index contributed by atoms with van der Waals surface area (Å²) in [6.45, 7) is 1.91. The number of carbonyl (C=O) groups excluding carboxylic acids is 5. The van der Waals surface area contributed by atoms with Crippen molar-refractivity contribution in [2.45, 2.75) is 44.6 Å². The largest absolute Gasteiger partial charge is 0.484 e. The predicted octanol–water partition coefficient (Wildman–Crippen LogP) is 0.444. The van der Waals surface area contributed by atoms with Gasteiger partial charge in [0.2, 0.25) is 11.8 Å². The maximum Gasteiger partial charge on any atom is 0.262 e. The summed E-state index contributed by atoms with van der Waals surface area (Å²) < 4.78 is 5.62. The molecule has 0 aliphatic carbocycles. The molecule has 33 heavy (non-hydrogen) atoms. The first-order chi connectivity index (χ1) is 15.9. The topological polar surface area (TPSA) is 139 Å². The van der Waals surface area contributed by atoms with Gasteiger partial charge in [-0.05, 0) is 62.8 Å². The van der Waals surface area contributed by atoms with Gasteiger partial charge >= 0.3 is 0 Å². The number of piperidine rings is 2. The second-order valence-corrected chi connectivity index (χ2v) is 8.70. The number of amides is 5. The SMILES string of the molecule is NCCCC1CCN(C(=O)COc2ccc3c(c2)C(=O)N(C2CCC(=O)NC2=O)C3=O)CC1. The van der Waals surface area contributed by atoms with Gasteiger partial charge in [0.05, 0.1) is 11.1 Å². The van der Waals surface area contributed by atoms with Crippen molar-refractivity contribution in [3.8, 4) is 5.75 Å². The fourth-order valence-electron chi connectivity index (χ4n) is 4.65. The number of ether oxygens (including phenoxy) is 1. The van der Waals surface area contributed by atoms with Crippen molar-refractivity contribution in [1.29, 1.82) is 0 Å². The van der Waals surface area contributed by atoms with E-state index in [2.05, 4.69) is 5.32 Å². The van der Waals surface area contributed by atoms with Crippen molar-refractivity contribution >= 4 is 29.5 Å². The second-order valence-electron chi connectivity index (χ2n) is 8.70. The number of likely N-dealkylation sites (tertiary alicyclic amines) is 1. The van der Waals surface area contributed by atoms with Gasteiger partial charge in [-0.3, -0.25) is 34.2 Å². The average molecular weight is 456 g/mol. The zero-order chi connectivity index (χ0) is 23.5. The molecular formula is C23H28N4O6. The first-order valence-electron chi connectivity index (χ1n) is 11.3. The summed E-state index contributed by atoms with van der Waals surface area (Å²) in [5.41, 5.74) is 5.86. The lowest BCUT2D eigenvalue weighted by atomic mass is 9.92. The molecule has 1 aromatic carbocycles. The highest BCUT2D eigenvalue weighted by Crippen LogP contribution is 2.30. The first kappa shape index (κ1) is 22.9. The van der Waals surface area contributed by atoms with Crippen LogP contribution < -0.4 is 15.8 Å². The Bertz CT molecular complexity index is 985. The van der Waals surface area contributed by atoms with E-state index < -0.39 is 29.7 Å². The van der Waals surface area contributed by atoms with Gasteiger partial charge in [0.25, 0.3) is 17.7 Å². The van der Waals surface area contributed by atoms with Crippen LogP contribution in [0.5, 0.6) is 5.75 Å². The van der Waals surface area contributed by atoms with Crippen LogP contribution in [0.25, 0.3) is 0 Å². The van der Waals surface area contributed by atoms with Crippen molar-refractivity contribution in [3.05, 3.63) is 29.3 Å². The molecule has 5 amide bonds. The molecule has 2 saturated heterocycles. The number of imide groups is 2. The molecule has 3 heterocycles. The number of nitrogens with zero attached hydrogens (tertiary/aromatic N) is 2. The molecule has 3 aliphatic rings. The van der Waals surface area contributed by atoms with E-state index in [-0.39, 0.29) is 36.5 Å². The molecule has 0 radical (unpaired) electrons. The van der Waals surface area contributed by atoms with E-state index in [1.165, 1.54) is 18.2 Å². The average Bonchev–Trinajstić information content (AvgIpc) is 3.06. The number of nitrogens with one attached hydrogen (secondary N) is 1. The molecule has 176 valence electrons. The Kier molecular flexibility index (Phi) is 6.73. The van der Waals surface area contributed by atoms with Crippen molar-refractivity contribution in [1.82, 2.24) is 15.1 Å². The van der Waals surface area contributed by atoms with Crippen LogP contribution in [0.15, 0.2) is 18.2 Å². The number of hydrogen-bond acceptors (Lipinski definition) is 7. The molecule has 1 unspecified atom stereocenters. The molecule has 10 heteroatoms. The Labute approximate surface area is 191 Å². The van der Waals surface area contributed by atoms with Gasteiger partial charge in [0.15, 0.2) is 6.61 Å². The Morgan fingerprint density at radius 2 is 1.79 bits per heavy atom. The van der Waals surface area contributed by atoms with Gasteiger partial charge in [0.1, 0.15) is 11.8 Å². The monoisotopic (exact) mass is 456 g/mol. The second kappa shape index (κ2) is 9.70. The zero-order valence-corrected chi connectivity index (χ0v) is 18.4. The normalized spacial score (nSPS) is 21.3. The minimum Gasteiger partial charge on any atom is -0.484 e. The van der Waals surface area contributed by atoms with Crippen LogP contribution in [0.4, 0.5) is 0 Å². The molecule has 4 rings (SSSR count). The highest BCUT2D eigenvalue weighted by molar-refractivity contribution is 6.23. The number of hydrogen-bond donors (Lipinski definition) is 2. The number of nitrogens with two attached hydrogens (primary N) is 1. The Morgan fingerprint density at radius 3 is 2.48 bits per heavy atom. The van der Waals surface area contributed by atoms with E-state index >= 15 is 0 Å². The Hall–Kier alpha value is -3.27. The maximum absolute atomic E-state index is 12.9. The molecule has 3 N–H and O–H groups in total. The first-order valence-corrected chi connectivity index (χ1v) is 11.3. The summed E-state index contributed by atoms with van der Waals surface area (Å²) in [6.07, 6.45) is 4.16. The minimum atomic E-state index is -1.02. The third-order valence-electron chi connectivity index (χ3n) is 6.56. The maximum atomic E-state index is 12.9. The Morgan fingerprint density at radius 1 is 1.06 bits per heavy atom. The van der Waals surface area contributed by atoms with Crippen molar-refractivity contribution < 1.29 is 28.7 Å². The van der Waals surface area contributed by atoms with Gasteiger partial charge in [-0.2, -0.15) is 0 Å². The molecule has 0 bridgehead atoms. The number of benzene rings is 1. The summed E-state index contributed by atoms with van der Waals surface area (Å²) in [7, 11) is 0. The molecule has 0 saturated carbocycles. The fraction of sp³-hybridized carbons (Fsp3) is 0.522. The smallest absolute Gasteiger partial charge is 0.262 e. The van der Waals surface area contributed by atoms with Crippen LogP contribution in [0.1, 0.15) is 59.2 Å². The third-order valence-corrected chi connectivity index (χ3v) is 6.56. The minimum absolute atomic E-state index is 0.0601. The van der Waals surface area contributed by atoms with Gasteiger partial charge in [-0.25, -0.2) is 0 Å². The van der Waals surface area contributed by atoms with Gasteiger partial charge in [-0.1, -0.05) is 0 Å². The molecule has 0 spiro atoms. The summed E-state index contributed by atoms with van der Waals surface area (Å²) in [5.74, 6) is -1.49. The zero-order valence-electron chi connectivity index (χ0n) is 18.4. The number of carbonyl (C=O) groups is 5. The molecule has 1 aromatic rings. The van der Waals surface area contributed by atoms with Gasteiger partial charge in [0, 0.05) is 19.5 Å². The van der Waals surface area contributed by atoms with Crippen LogP contribution in [-0.2, 0) is 14.4 Å². The van der Waals surface area contributed by atoms with E-state index in [1.54, 1.807) is 4.90 Å². The van der Waals surface area contributed by atoms with E-state index in [4.69, 9.17) is 10.5 Å². The van der Waals surface area contributed by atoms with Crippen LogP contribution in [-0.4, -0.2) is 71.6 Å². The van der Waals surface area contributed by atoms with Gasteiger partial charge in [-0.15, -0.1) is 0 Å². The van der Waals surface area contributed by atoms with E-state index in [9.17, 15) is 24.0 Å². The molecule has 10 nitrogen and oxygen atoms in total. The number of fused-ring (bicyclic) bond motifs is 1. The quantitative estimate of drug-likeness (QED) is 0.568. The summed E-state index contributed by atoms with van der Waals surface area (Å²) in [6, 6.07) is 3.40. The van der Waals surface area contributed by atoms with Crippen LogP contribution in [0, 0.1) is 5.92 Å². The third kappa shape index (κ3) is 4.75. The van der Waals surface area contributed by atoms with Crippen LogP contribution >= 0.6 is 0 Å². The molecule has 2 fully saturated rings. The van der Waals surface area contributed by atoms with Crippen molar-refractivity contribution in [3.63, 3.8) is 0 Å². The molecular weight excluding hydrogens is 428 g/mol. The standard InChI is InChI=1S/C23H28N4O6/c24-9-1-2-14-7-10-26(11-8-14)20(29)13-33-15-3-4-16-17(12-15)23(32)27(22(16)31)18-5-6-19(28)25-21(18)30/h3-4,12,14,18H,1-2,5-11,13,24H2,(H,25,28,30). The van der Waals surface area contributed by atoms with E-state index in [0.29, 0.717) is 31.3 Å². The highest BCUT2D eigenvalue weighted by Gasteiger charge is 2.44. The van der Waals surface area contributed by atoms with Crippen LogP contribution in [0.3, 0.4) is 0 Å². The lowest BCUT2D eigenvalue weighted by Crippen LogP contribution is -2.54. The number of rotatable bonds is 7. The van der Waals surface area contributed by atoms with E-state index in [1.807, 2.05) is 0 Å². The molecule has 1 atom stereocenters. The predicted molar refractivity (Wildman–Crippen MR) is 116 cm³/mol. The fourth-order valence-corrected chi connectivity index (χ4v) is 4.65. The van der Waals surface area contributed by atoms with Crippen LogP contribution in [0.2, 0.25) is 0 Å². The molecule has 3 aliphatic heterocycles. The lowest BCUT2D eigenvalue weighted by Gasteiger charge is -2.32. The summed E-state index contributed by atoms with van der Waals surface area (Å²) in [4.78, 5) is 64.4. The molecule has 0 aromatic heterocycles.